The number of nitrogens with one attached hydrogen (secondary N) is 1. The standard InChI is InChI=1S/C40H34F6N8O5/c1-2-51-36(55)25-17-34(32(47)19-53(49)26-7-3-5-21(13-26)23-9-11-28(37(56)57)30(15-23)39(41,42)43)52-35(18-25)33(48)20-54(50)27-8-4-6-22(14-27)24-10-12-29(38(58)59)31(16-24)40(44,45)46/h3-20H,2,47-50H2,1H3,(H,51,55)(H,56,57)(H,58,59)/b32-19-,33-20-. The first kappa shape index (κ1) is 42.8. The Morgan fingerprint density at radius 2 is 1.03 bits per heavy atom. The molecule has 0 aliphatic heterocycles. The monoisotopic (exact) mass is 820 g/mol. The van der Waals surface area contributed by atoms with E-state index in [4.69, 9.17) is 23.2 Å². The molecule has 13 nitrogen and oxygen atoms in total. The second kappa shape index (κ2) is 17.0. The molecule has 0 saturated carbocycles. The molecule has 306 valence electrons. The first-order valence-corrected chi connectivity index (χ1v) is 17.1. The van der Waals surface area contributed by atoms with Crippen molar-refractivity contribution in [2.75, 3.05) is 16.6 Å². The van der Waals surface area contributed by atoms with Crippen LogP contribution in [0.25, 0.3) is 33.6 Å². The number of carboxylic acids is 2. The van der Waals surface area contributed by atoms with Crippen LogP contribution in [0, 0.1) is 0 Å². The van der Waals surface area contributed by atoms with Gasteiger partial charge >= 0.3 is 24.3 Å². The Kier molecular flexibility index (Phi) is 12.3. The number of hydrazine groups is 2. The summed E-state index contributed by atoms with van der Waals surface area (Å²) in [5.41, 5.74) is 9.39. The van der Waals surface area contributed by atoms with Crippen molar-refractivity contribution in [2.24, 2.45) is 23.2 Å². The highest BCUT2D eigenvalue weighted by atomic mass is 19.4. The minimum Gasteiger partial charge on any atom is -0.478 e. The lowest BCUT2D eigenvalue weighted by molar-refractivity contribution is -0.138. The number of carbonyl (C=O) groups excluding carboxylic acids is 1. The van der Waals surface area contributed by atoms with E-state index in [1.165, 1.54) is 85.2 Å². The number of benzene rings is 4. The molecular weight excluding hydrogens is 786 g/mol. The fourth-order valence-corrected chi connectivity index (χ4v) is 5.78. The first-order valence-electron chi connectivity index (χ1n) is 17.1. The van der Waals surface area contributed by atoms with E-state index >= 15 is 0 Å². The van der Waals surface area contributed by atoms with Gasteiger partial charge in [0.15, 0.2) is 0 Å². The van der Waals surface area contributed by atoms with E-state index < -0.39 is 52.5 Å². The molecule has 0 unspecified atom stereocenters. The third-order valence-electron chi connectivity index (χ3n) is 8.64. The van der Waals surface area contributed by atoms with Gasteiger partial charge in [-0.25, -0.2) is 26.3 Å². The number of carboxylic acid groups (broad SMARTS) is 2. The van der Waals surface area contributed by atoms with Crippen LogP contribution in [-0.2, 0) is 12.4 Å². The van der Waals surface area contributed by atoms with Gasteiger partial charge in [0.2, 0.25) is 0 Å². The van der Waals surface area contributed by atoms with Gasteiger partial charge < -0.3 is 27.0 Å². The third kappa shape index (κ3) is 9.96. The number of halogens is 6. The van der Waals surface area contributed by atoms with Crippen LogP contribution in [0.5, 0.6) is 0 Å². The van der Waals surface area contributed by atoms with E-state index in [1.807, 2.05) is 0 Å². The van der Waals surface area contributed by atoms with Gasteiger partial charge in [-0.3, -0.25) is 14.8 Å². The van der Waals surface area contributed by atoms with Crippen molar-refractivity contribution in [3.63, 3.8) is 0 Å². The third-order valence-corrected chi connectivity index (χ3v) is 8.64. The number of alkyl halides is 6. The highest BCUT2D eigenvalue weighted by molar-refractivity contribution is 5.96. The van der Waals surface area contributed by atoms with Crippen LogP contribution < -0.4 is 38.5 Å². The lowest BCUT2D eigenvalue weighted by Gasteiger charge is -2.18. The van der Waals surface area contributed by atoms with E-state index in [0.717, 1.165) is 34.3 Å². The van der Waals surface area contributed by atoms with Crippen molar-refractivity contribution in [1.29, 1.82) is 0 Å². The number of anilines is 2. The molecule has 5 aromatic rings. The van der Waals surface area contributed by atoms with Crippen LogP contribution in [0.2, 0.25) is 0 Å². The number of pyridine rings is 1. The molecule has 0 fully saturated rings. The zero-order chi connectivity index (χ0) is 43.4. The fourth-order valence-electron chi connectivity index (χ4n) is 5.78. The summed E-state index contributed by atoms with van der Waals surface area (Å²) < 4.78 is 82.2. The Morgan fingerprint density at radius 3 is 1.39 bits per heavy atom. The molecule has 1 amide bonds. The van der Waals surface area contributed by atoms with Gasteiger partial charge in [-0.15, -0.1) is 0 Å². The summed E-state index contributed by atoms with van der Waals surface area (Å²) in [5, 5.41) is 23.3. The van der Waals surface area contributed by atoms with E-state index in [0.29, 0.717) is 0 Å². The summed E-state index contributed by atoms with van der Waals surface area (Å²) in [5.74, 6) is 8.59. The van der Waals surface area contributed by atoms with Gasteiger partial charge in [-0.1, -0.05) is 36.4 Å². The number of aromatic nitrogens is 1. The summed E-state index contributed by atoms with van der Waals surface area (Å²) in [7, 11) is 0. The maximum Gasteiger partial charge on any atom is 0.417 e. The van der Waals surface area contributed by atoms with Crippen molar-refractivity contribution >= 4 is 40.6 Å². The quantitative estimate of drug-likeness (QED) is 0.0389. The molecule has 0 saturated heterocycles. The smallest absolute Gasteiger partial charge is 0.417 e. The molecule has 11 N–H and O–H groups in total. The van der Waals surface area contributed by atoms with Gasteiger partial charge in [0, 0.05) is 24.5 Å². The molecule has 0 aliphatic carbocycles. The highest BCUT2D eigenvalue weighted by Crippen LogP contribution is 2.37. The number of hydrogen-bond acceptors (Lipinski definition) is 10. The van der Waals surface area contributed by atoms with Gasteiger partial charge in [-0.2, -0.15) is 26.3 Å². The van der Waals surface area contributed by atoms with Gasteiger partial charge in [0.25, 0.3) is 5.91 Å². The minimum atomic E-state index is -4.94. The largest absolute Gasteiger partial charge is 0.478 e. The predicted molar refractivity (Wildman–Crippen MR) is 208 cm³/mol. The summed E-state index contributed by atoms with van der Waals surface area (Å²) in [6.07, 6.45) is -7.42. The summed E-state index contributed by atoms with van der Waals surface area (Å²) in [4.78, 5) is 40.3. The fraction of sp³-hybridized carbons (Fsp3) is 0.100. The molecule has 5 rings (SSSR count). The topological polar surface area (TPSA) is 227 Å². The number of carbonyl (C=O) groups is 3. The predicted octanol–water partition coefficient (Wildman–Crippen LogP) is 6.87. The van der Waals surface area contributed by atoms with Crippen molar-refractivity contribution in [3.05, 3.63) is 149 Å². The maximum absolute atomic E-state index is 13.7. The Balaban J connectivity index is 1.47. The van der Waals surface area contributed by atoms with Crippen molar-refractivity contribution in [1.82, 2.24) is 10.3 Å². The van der Waals surface area contributed by atoms with Gasteiger partial charge in [-0.05, 0) is 89.8 Å². The summed E-state index contributed by atoms with van der Waals surface area (Å²) >= 11 is 0. The minimum absolute atomic E-state index is 0.0154. The van der Waals surface area contributed by atoms with E-state index in [1.54, 1.807) is 6.92 Å². The lowest BCUT2D eigenvalue weighted by Crippen LogP contribution is -2.27. The molecule has 0 atom stereocenters. The molecule has 0 aliphatic rings. The molecule has 19 heteroatoms. The Labute approximate surface area is 331 Å². The molecule has 4 aromatic carbocycles. The number of rotatable bonds is 12. The molecule has 0 radical (unpaired) electrons. The van der Waals surface area contributed by atoms with Gasteiger partial charge in [0.1, 0.15) is 0 Å². The lowest BCUT2D eigenvalue weighted by atomic mass is 9.98. The van der Waals surface area contributed by atoms with E-state index in [-0.39, 0.29) is 68.5 Å². The second-order valence-electron chi connectivity index (χ2n) is 12.7. The van der Waals surface area contributed by atoms with Crippen LogP contribution in [-0.4, -0.2) is 39.6 Å². The molecule has 1 heterocycles. The molecular formula is C40H34F6N8O5. The van der Waals surface area contributed by atoms with Crippen LogP contribution >= 0.6 is 0 Å². The summed E-state index contributed by atoms with van der Waals surface area (Å²) in [6.45, 7) is 1.95. The van der Waals surface area contributed by atoms with Crippen LogP contribution in [0.3, 0.4) is 0 Å². The van der Waals surface area contributed by atoms with Crippen LogP contribution in [0.4, 0.5) is 37.7 Å². The zero-order valence-electron chi connectivity index (χ0n) is 30.6. The van der Waals surface area contributed by atoms with Crippen molar-refractivity contribution in [2.45, 2.75) is 19.3 Å². The first-order chi connectivity index (χ1) is 27.7. The zero-order valence-corrected chi connectivity index (χ0v) is 30.6. The van der Waals surface area contributed by atoms with E-state index in [9.17, 15) is 50.9 Å². The van der Waals surface area contributed by atoms with Crippen molar-refractivity contribution in [3.8, 4) is 22.3 Å². The highest BCUT2D eigenvalue weighted by Gasteiger charge is 2.36. The number of aromatic carboxylic acids is 2. The number of hydrogen-bond donors (Lipinski definition) is 7. The van der Waals surface area contributed by atoms with Crippen LogP contribution in [0.1, 0.15) is 60.5 Å². The average molecular weight is 821 g/mol. The van der Waals surface area contributed by atoms with Crippen LogP contribution in [0.15, 0.2) is 109 Å². The maximum atomic E-state index is 13.7. The Morgan fingerprint density at radius 1 is 0.644 bits per heavy atom. The number of nitrogens with zero attached hydrogens (tertiary/aromatic N) is 3. The SMILES string of the molecule is CCNC(=O)c1cc(/C(N)=C/N(N)c2cccc(-c3ccc(C(=O)O)c(C(F)(F)F)c3)c2)nc(/C(N)=C/N(N)c2cccc(-c3ccc(C(=O)O)c(C(F)(F)F)c3)c2)c1. The average Bonchev–Trinajstić information content (AvgIpc) is 3.19. The number of amides is 1. The normalized spacial score (nSPS) is 12.2. The van der Waals surface area contributed by atoms with E-state index in [2.05, 4.69) is 10.3 Å². The van der Waals surface area contributed by atoms with Crippen molar-refractivity contribution < 1.29 is 50.9 Å². The molecule has 0 bridgehead atoms. The summed E-state index contributed by atoms with van der Waals surface area (Å²) in [6, 6.07) is 20.3. The Bertz CT molecular complexity index is 2350. The second-order valence-corrected chi connectivity index (χ2v) is 12.7. The number of nitrogens with two attached hydrogens (primary N) is 4. The molecule has 59 heavy (non-hydrogen) atoms. The molecule has 1 aromatic heterocycles. The Hall–Kier alpha value is -7.38. The molecule has 0 spiro atoms. The van der Waals surface area contributed by atoms with Gasteiger partial charge in [0.05, 0.1) is 56.4 Å².